The van der Waals surface area contributed by atoms with Gasteiger partial charge in [0, 0.05) is 6.54 Å². The molecule has 0 aliphatic heterocycles. The summed E-state index contributed by atoms with van der Waals surface area (Å²) < 4.78 is 32.7. The molecule has 2 aromatic rings. The zero-order valence-corrected chi connectivity index (χ0v) is 33.7. The Morgan fingerprint density at radius 1 is 0.685 bits per heavy atom. The molecule has 2 aliphatic carbocycles. The molecule has 9 nitrogen and oxygen atoms in total. The minimum Gasteiger partial charge on any atom is -0.493 e. The summed E-state index contributed by atoms with van der Waals surface area (Å²) in [6.07, 6.45) is 22.5. The minimum absolute atomic E-state index is 0.000746. The van der Waals surface area contributed by atoms with Gasteiger partial charge in [0.15, 0.2) is 34.6 Å². The van der Waals surface area contributed by atoms with E-state index in [4.69, 9.17) is 28.4 Å². The lowest BCUT2D eigenvalue weighted by Gasteiger charge is -2.28. The standard InChI is InChI=1S/C45H61NO8/c1-46(2)30-36(24-32-13-10-14-37(20-17-32)39(48)22-19-35-28-42(51-5)45(54-8)43(29-35)52-6)23-31-11-9-12-33(16-15-31)25-38(47)21-18-34-26-40(49-3)44(53-7)41(27-34)50-4/h14,18-19,21-22,25-29,31-32,36H,9-13,15-17,20,23-24,30H2,1-8H3/b21-18+,22-19+,33-25-. The molecule has 0 amide bonds. The predicted molar refractivity (Wildman–Crippen MR) is 216 cm³/mol. The van der Waals surface area contributed by atoms with Gasteiger partial charge in [0.25, 0.3) is 0 Å². The normalized spacial score (nSPS) is 19.3. The van der Waals surface area contributed by atoms with Gasteiger partial charge in [-0.1, -0.05) is 30.2 Å². The summed E-state index contributed by atoms with van der Waals surface area (Å²) in [5, 5.41) is 0. The molecule has 2 aromatic carbocycles. The molecule has 0 spiro atoms. The molecule has 4 rings (SSSR count). The van der Waals surface area contributed by atoms with Gasteiger partial charge in [0.1, 0.15) is 0 Å². The average Bonchev–Trinajstić information content (AvgIpc) is 3.55. The summed E-state index contributed by atoms with van der Waals surface area (Å²) in [6.45, 7) is 1.07. The van der Waals surface area contributed by atoms with Crippen LogP contribution in [-0.2, 0) is 9.59 Å². The topological polar surface area (TPSA) is 92.8 Å². The third-order valence-electron chi connectivity index (χ3n) is 10.6. The quantitative estimate of drug-likeness (QED) is 0.109. The summed E-state index contributed by atoms with van der Waals surface area (Å²) in [4.78, 5) is 28.6. The first-order valence-electron chi connectivity index (χ1n) is 19.2. The lowest BCUT2D eigenvalue weighted by molar-refractivity contribution is -0.111. The molecule has 3 atom stereocenters. The lowest BCUT2D eigenvalue weighted by Crippen LogP contribution is -2.25. The molecule has 0 N–H and O–H groups in total. The Morgan fingerprint density at radius 2 is 1.20 bits per heavy atom. The van der Waals surface area contributed by atoms with Crippen LogP contribution in [0.25, 0.3) is 12.2 Å². The first kappa shape index (κ1) is 42.2. The lowest BCUT2D eigenvalue weighted by atomic mass is 9.81. The van der Waals surface area contributed by atoms with E-state index in [0.717, 1.165) is 74.6 Å². The molecule has 1 fully saturated rings. The second kappa shape index (κ2) is 21.4. The van der Waals surface area contributed by atoms with Gasteiger partial charge in [-0.2, -0.15) is 0 Å². The highest BCUT2D eigenvalue weighted by Crippen LogP contribution is 2.40. The van der Waals surface area contributed by atoms with E-state index < -0.39 is 0 Å². The number of carbonyl (C=O) groups is 2. The van der Waals surface area contributed by atoms with Crippen LogP contribution in [0.5, 0.6) is 34.5 Å². The molecule has 1 saturated carbocycles. The van der Waals surface area contributed by atoms with E-state index in [1.54, 1.807) is 60.9 Å². The van der Waals surface area contributed by atoms with Gasteiger partial charge in [0.05, 0.1) is 42.7 Å². The SMILES string of the molecule is COc1cc(/C=C/C(=O)/C=C2/CCCC(CC(CC3CCC=C(C(=O)/C=C/c4cc(OC)c(OC)c(OC)c4)CC3)CN(C)C)CC2)cc(OC)c1OC. The first-order valence-corrected chi connectivity index (χ1v) is 19.2. The molecule has 0 radical (unpaired) electrons. The molecule has 54 heavy (non-hydrogen) atoms. The van der Waals surface area contributed by atoms with Crippen molar-refractivity contribution in [1.82, 2.24) is 4.90 Å². The van der Waals surface area contributed by atoms with Crippen LogP contribution in [-0.4, -0.2) is 79.8 Å². The van der Waals surface area contributed by atoms with E-state index >= 15 is 0 Å². The van der Waals surface area contributed by atoms with E-state index in [2.05, 4.69) is 25.1 Å². The van der Waals surface area contributed by atoms with Gasteiger partial charge >= 0.3 is 0 Å². The van der Waals surface area contributed by atoms with E-state index in [-0.39, 0.29) is 11.6 Å². The van der Waals surface area contributed by atoms with Gasteiger partial charge in [0.2, 0.25) is 11.5 Å². The number of allylic oxidation sites excluding steroid dienone is 6. The number of hydrogen-bond acceptors (Lipinski definition) is 9. The van der Waals surface area contributed by atoms with E-state index in [1.807, 2.05) is 36.4 Å². The molecule has 0 saturated heterocycles. The Hall–Kier alpha value is -4.50. The summed E-state index contributed by atoms with van der Waals surface area (Å²) >= 11 is 0. The Balaban J connectivity index is 1.31. The zero-order valence-electron chi connectivity index (χ0n) is 33.7. The predicted octanol–water partition coefficient (Wildman–Crippen LogP) is 9.18. The molecule has 294 valence electrons. The zero-order chi connectivity index (χ0) is 39.0. The fourth-order valence-corrected chi connectivity index (χ4v) is 8.02. The smallest absolute Gasteiger partial charge is 0.203 e. The van der Waals surface area contributed by atoms with E-state index in [9.17, 15) is 9.59 Å². The summed E-state index contributed by atoms with van der Waals surface area (Å²) in [5.74, 6) is 5.17. The van der Waals surface area contributed by atoms with Crippen LogP contribution in [0, 0.1) is 17.8 Å². The number of ether oxygens (including phenoxy) is 6. The van der Waals surface area contributed by atoms with Crippen molar-refractivity contribution in [3.63, 3.8) is 0 Å². The highest BCUT2D eigenvalue weighted by molar-refractivity contribution is 6.06. The number of ketones is 2. The average molecular weight is 744 g/mol. The van der Waals surface area contributed by atoms with Crippen molar-refractivity contribution >= 4 is 23.7 Å². The van der Waals surface area contributed by atoms with Crippen LogP contribution in [0.3, 0.4) is 0 Å². The van der Waals surface area contributed by atoms with Crippen LogP contribution in [0.4, 0.5) is 0 Å². The van der Waals surface area contributed by atoms with E-state index in [1.165, 1.54) is 24.8 Å². The van der Waals surface area contributed by atoms with Crippen molar-refractivity contribution in [2.45, 2.75) is 70.6 Å². The van der Waals surface area contributed by atoms with Gasteiger partial charge < -0.3 is 33.3 Å². The fraction of sp³-hybridized carbons (Fsp3) is 0.511. The van der Waals surface area contributed by atoms with Crippen LogP contribution in [0.15, 0.2) is 59.7 Å². The van der Waals surface area contributed by atoms with Crippen molar-refractivity contribution in [3.8, 4) is 34.5 Å². The molecule has 0 heterocycles. The second-order valence-electron chi connectivity index (χ2n) is 14.8. The molecule has 9 heteroatoms. The van der Waals surface area contributed by atoms with Crippen molar-refractivity contribution in [3.05, 3.63) is 70.8 Å². The Morgan fingerprint density at radius 3 is 1.72 bits per heavy atom. The highest BCUT2D eigenvalue weighted by Gasteiger charge is 2.25. The maximum Gasteiger partial charge on any atom is 0.203 e. The van der Waals surface area contributed by atoms with Crippen molar-refractivity contribution in [1.29, 1.82) is 0 Å². The molecule has 0 aromatic heterocycles. The third-order valence-corrected chi connectivity index (χ3v) is 10.6. The highest BCUT2D eigenvalue weighted by atomic mass is 16.5. The number of methoxy groups -OCH3 is 6. The van der Waals surface area contributed by atoms with Crippen LogP contribution in [0.1, 0.15) is 81.8 Å². The van der Waals surface area contributed by atoms with Gasteiger partial charge in [-0.3, -0.25) is 9.59 Å². The largest absolute Gasteiger partial charge is 0.493 e. The summed E-state index contributed by atoms with van der Waals surface area (Å²) in [6, 6.07) is 7.36. The van der Waals surface area contributed by atoms with Crippen LogP contribution >= 0.6 is 0 Å². The molecule has 2 aliphatic rings. The summed E-state index contributed by atoms with van der Waals surface area (Å²) in [7, 11) is 13.8. The number of carbonyl (C=O) groups excluding carboxylic acids is 2. The van der Waals surface area contributed by atoms with Gasteiger partial charge in [-0.05, 0) is 155 Å². The maximum atomic E-state index is 13.3. The van der Waals surface area contributed by atoms with Crippen molar-refractivity contribution in [2.75, 3.05) is 63.3 Å². The van der Waals surface area contributed by atoms with Crippen LogP contribution < -0.4 is 28.4 Å². The molecule has 0 bridgehead atoms. The molecular formula is C45H61NO8. The fourth-order valence-electron chi connectivity index (χ4n) is 8.02. The first-order chi connectivity index (χ1) is 26.1. The molecule has 3 unspecified atom stereocenters. The number of nitrogens with zero attached hydrogens (tertiary/aromatic N) is 1. The van der Waals surface area contributed by atoms with Gasteiger partial charge in [-0.15, -0.1) is 0 Å². The van der Waals surface area contributed by atoms with E-state index in [0.29, 0.717) is 52.3 Å². The third kappa shape index (κ3) is 12.3. The number of benzene rings is 2. The minimum atomic E-state index is -0.000746. The maximum absolute atomic E-state index is 13.3. The molecular weight excluding hydrogens is 682 g/mol. The second-order valence-corrected chi connectivity index (χ2v) is 14.8. The monoisotopic (exact) mass is 743 g/mol. The van der Waals surface area contributed by atoms with Crippen LogP contribution in [0.2, 0.25) is 0 Å². The Bertz CT molecular complexity index is 1640. The summed E-state index contributed by atoms with van der Waals surface area (Å²) in [5.41, 5.74) is 3.77. The van der Waals surface area contributed by atoms with Crippen molar-refractivity contribution in [2.24, 2.45) is 17.8 Å². The Kier molecular flexibility index (Phi) is 16.7. The van der Waals surface area contributed by atoms with Crippen molar-refractivity contribution < 1.29 is 38.0 Å². The number of hydrogen-bond donors (Lipinski definition) is 0. The number of rotatable bonds is 18. The van der Waals surface area contributed by atoms with Gasteiger partial charge in [-0.25, -0.2) is 0 Å². The Labute approximate surface area is 323 Å².